The third-order valence-electron chi connectivity index (χ3n) is 8.45. The van der Waals surface area contributed by atoms with Crippen LogP contribution in [0, 0.1) is 6.92 Å². The number of nitrogens with zero attached hydrogens (tertiary/aromatic N) is 2. The summed E-state index contributed by atoms with van der Waals surface area (Å²) in [5.41, 5.74) is 2.75. The minimum Gasteiger partial charge on any atom is -0.497 e. The summed E-state index contributed by atoms with van der Waals surface area (Å²) in [6.45, 7) is 1.40. The molecule has 0 radical (unpaired) electrons. The lowest BCUT2D eigenvalue weighted by atomic mass is 10.0. The zero-order chi connectivity index (χ0) is 32.5. The number of hydrogen-bond acceptors (Lipinski definition) is 5. The number of sulfonamides is 1. The Balaban J connectivity index is 1.58. The van der Waals surface area contributed by atoms with Gasteiger partial charge in [0.05, 0.1) is 17.7 Å². The first-order valence-corrected chi connectivity index (χ1v) is 17.1. The number of benzene rings is 4. The standard InChI is InChI=1S/C37H41N3O5S/c1-28-14-9-12-23-34(28)40(46(43,44)33-21-7-4-8-22-33)27-36(41)39(26-30-17-13-20-32(24-30)45-2)35(25-29-15-5-3-6-16-29)37(42)38-31-18-10-11-19-31/h3-9,12-17,20-24,31,35H,10-11,18-19,25-27H2,1-2H3,(H,38,42)/t35-/m1/s1. The van der Waals surface area contributed by atoms with E-state index in [2.05, 4.69) is 5.32 Å². The third kappa shape index (κ3) is 7.95. The van der Waals surface area contributed by atoms with Gasteiger partial charge in [0.25, 0.3) is 10.0 Å². The van der Waals surface area contributed by atoms with E-state index in [1.54, 1.807) is 37.4 Å². The summed E-state index contributed by atoms with van der Waals surface area (Å²) in [7, 11) is -2.57. The maximum atomic E-state index is 14.7. The SMILES string of the molecule is COc1cccc(CN(C(=O)CN(c2ccccc2C)S(=O)(=O)c2ccccc2)[C@H](Cc2ccccc2)C(=O)NC2CCCC2)c1. The van der Waals surface area contributed by atoms with Crippen LogP contribution in [0.5, 0.6) is 5.75 Å². The van der Waals surface area contributed by atoms with Gasteiger partial charge in [0.15, 0.2) is 0 Å². The van der Waals surface area contributed by atoms with Crippen LogP contribution in [-0.2, 0) is 32.6 Å². The second kappa shape index (κ2) is 15.1. The van der Waals surface area contributed by atoms with Gasteiger partial charge >= 0.3 is 0 Å². The second-order valence-electron chi connectivity index (χ2n) is 11.7. The van der Waals surface area contributed by atoms with Crippen molar-refractivity contribution >= 4 is 27.5 Å². The fourth-order valence-corrected chi connectivity index (χ4v) is 7.47. The molecule has 0 heterocycles. The molecule has 1 aliphatic carbocycles. The molecular weight excluding hydrogens is 598 g/mol. The van der Waals surface area contributed by atoms with Gasteiger partial charge in [0.2, 0.25) is 11.8 Å². The molecule has 1 saturated carbocycles. The molecule has 0 aliphatic heterocycles. The Labute approximate surface area is 272 Å². The van der Waals surface area contributed by atoms with E-state index in [1.165, 1.54) is 17.0 Å². The van der Waals surface area contributed by atoms with E-state index in [1.807, 2.05) is 73.7 Å². The van der Waals surface area contributed by atoms with E-state index in [-0.39, 0.29) is 29.8 Å². The van der Waals surface area contributed by atoms with Crippen molar-refractivity contribution in [2.45, 2.75) is 62.6 Å². The number of rotatable bonds is 13. The smallest absolute Gasteiger partial charge is 0.264 e. The van der Waals surface area contributed by atoms with Crippen molar-refractivity contribution in [3.05, 3.63) is 126 Å². The Kier molecular flexibility index (Phi) is 10.8. The van der Waals surface area contributed by atoms with Crippen molar-refractivity contribution in [3.63, 3.8) is 0 Å². The topological polar surface area (TPSA) is 96.0 Å². The van der Waals surface area contributed by atoms with Crippen molar-refractivity contribution in [2.24, 2.45) is 0 Å². The van der Waals surface area contributed by atoms with Crippen LogP contribution in [0.15, 0.2) is 114 Å². The maximum absolute atomic E-state index is 14.7. The molecule has 9 heteroatoms. The fourth-order valence-electron chi connectivity index (χ4n) is 5.97. The molecule has 1 fully saturated rings. The van der Waals surface area contributed by atoms with Crippen LogP contribution in [-0.4, -0.2) is 50.9 Å². The van der Waals surface area contributed by atoms with Crippen LogP contribution < -0.4 is 14.4 Å². The Bertz CT molecular complexity index is 1720. The molecule has 4 aromatic carbocycles. The van der Waals surface area contributed by atoms with E-state index >= 15 is 0 Å². The first kappa shape index (κ1) is 32.8. The third-order valence-corrected chi connectivity index (χ3v) is 10.2. The zero-order valence-electron chi connectivity index (χ0n) is 26.3. The van der Waals surface area contributed by atoms with Crippen LogP contribution in [0.25, 0.3) is 0 Å². The number of anilines is 1. The molecule has 1 N–H and O–H groups in total. The van der Waals surface area contributed by atoms with Crippen molar-refractivity contribution in [3.8, 4) is 5.75 Å². The van der Waals surface area contributed by atoms with Gasteiger partial charge in [-0.05, 0) is 66.8 Å². The molecule has 8 nitrogen and oxygen atoms in total. The highest BCUT2D eigenvalue weighted by molar-refractivity contribution is 7.92. The van der Waals surface area contributed by atoms with Crippen molar-refractivity contribution < 1.29 is 22.7 Å². The molecule has 46 heavy (non-hydrogen) atoms. The number of ether oxygens (including phenoxy) is 1. The van der Waals surface area contributed by atoms with E-state index in [0.717, 1.165) is 41.1 Å². The summed E-state index contributed by atoms with van der Waals surface area (Å²) in [6, 6.07) is 31.3. The summed E-state index contributed by atoms with van der Waals surface area (Å²) in [6.07, 6.45) is 4.14. The predicted octanol–water partition coefficient (Wildman–Crippen LogP) is 5.90. The summed E-state index contributed by atoms with van der Waals surface area (Å²) >= 11 is 0. The van der Waals surface area contributed by atoms with Crippen molar-refractivity contribution in [2.75, 3.05) is 18.0 Å². The molecule has 1 atom stereocenters. The van der Waals surface area contributed by atoms with E-state index in [9.17, 15) is 18.0 Å². The highest BCUT2D eigenvalue weighted by atomic mass is 32.2. The normalized spacial score (nSPS) is 14.0. The largest absolute Gasteiger partial charge is 0.497 e. The minimum atomic E-state index is -4.15. The van der Waals surface area contributed by atoms with Crippen molar-refractivity contribution in [1.82, 2.24) is 10.2 Å². The van der Waals surface area contributed by atoms with Gasteiger partial charge in [-0.2, -0.15) is 0 Å². The highest BCUT2D eigenvalue weighted by Crippen LogP contribution is 2.28. The fraction of sp³-hybridized carbons (Fsp3) is 0.297. The van der Waals surface area contributed by atoms with Crippen LogP contribution in [0.2, 0.25) is 0 Å². The van der Waals surface area contributed by atoms with Gasteiger partial charge in [0.1, 0.15) is 18.3 Å². The molecule has 4 aromatic rings. The quantitative estimate of drug-likeness (QED) is 0.197. The average molecular weight is 640 g/mol. The molecule has 0 spiro atoms. The summed E-state index contributed by atoms with van der Waals surface area (Å²) in [5, 5.41) is 3.20. The maximum Gasteiger partial charge on any atom is 0.264 e. The summed E-state index contributed by atoms with van der Waals surface area (Å²) in [5.74, 6) is -0.124. The Hall–Kier alpha value is -4.63. The van der Waals surface area contributed by atoms with Crippen LogP contribution in [0.1, 0.15) is 42.4 Å². The van der Waals surface area contributed by atoms with Crippen LogP contribution >= 0.6 is 0 Å². The summed E-state index contributed by atoms with van der Waals surface area (Å²) < 4.78 is 34.9. The highest BCUT2D eigenvalue weighted by Gasteiger charge is 2.36. The van der Waals surface area contributed by atoms with Gasteiger partial charge < -0.3 is 15.0 Å². The number of methoxy groups -OCH3 is 1. The predicted molar refractivity (Wildman–Crippen MR) is 180 cm³/mol. The second-order valence-corrected chi connectivity index (χ2v) is 13.5. The molecule has 2 amide bonds. The number of hydrogen-bond donors (Lipinski definition) is 1. The number of carbonyl (C=O) groups is 2. The van der Waals surface area contributed by atoms with Gasteiger partial charge in [0, 0.05) is 19.0 Å². The molecule has 240 valence electrons. The number of aryl methyl sites for hydroxylation is 1. The number of amides is 2. The monoisotopic (exact) mass is 639 g/mol. The minimum absolute atomic E-state index is 0.0430. The molecule has 0 saturated heterocycles. The molecular formula is C37H41N3O5S. The number of nitrogens with one attached hydrogen (secondary N) is 1. The Morgan fingerprint density at radius 2 is 1.48 bits per heavy atom. The zero-order valence-corrected chi connectivity index (χ0v) is 27.2. The first-order valence-electron chi connectivity index (χ1n) is 15.7. The van der Waals surface area contributed by atoms with Crippen molar-refractivity contribution in [1.29, 1.82) is 0 Å². The summed E-state index contributed by atoms with van der Waals surface area (Å²) in [4.78, 5) is 30.4. The van der Waals surface area contributed by atoms with Gasteiger partial charge in [-0.1, -0.05) is 91.7 Å². The lowest BCUT2D eigenvalue weighted by Crippen LogP contribution is -2.54. The van der Waals surface area contributed by atoms with Crippen LogP contribution in [0.4, 0.5) is 5.69 Å². The average Bonchev–Trinajstić information content (AvgIpc) is 3.59. The molecule has 5 rings (SSSR count). The lowest BCUT2D eigenvalue weighted by molar-refractivity contribution is -0.140. The number of carbonyl (C=O) groups excluding carboxylic acids is 2. The lowest BCUT2D eigenvalue weighted by Gasteiger charge is -2.34. The molecule has 0 bridgehead atoms. The van der Waals surface area contributed by atoms with Gasteiger partial charge in [-0.3, -0.25) is 13.9 Å². The van der Waals surface area contributed by atoms with Crippen LogP contribution in [0.3, 0.4) is 0 Å². The molecule has 1 aliphatic rings. The molecule has 0 unspecified atom stereocenters. The van der Waals surface area contributed by atoms with Gasteiger partial charge in [-0.15, -0.1) is 0 Å². The number of para-hydroxylation sites is 1. The molecule has 0 aromatic heterocycles. The van der Waals surface area contributed by atoms with E-state index < -0.39 is 28.5 Å². The van der Waals surface area contributed by atoms with Gasteiger partial charge in [-0.25, -0.2) is 8.42 Å². The Morgan fingerprint density at radius 1 is 0.848 bits per heavy atom. The first-order chi connectivity index (χ1) is 22.3. The van der Waals surface area contributed by atoms with E-state index in [4.69, 9.17) is 4.74 Å². The van der Waals surface area contributed by atoms with E-state index in [0.29, 0.717) is 17.0 Å². The Morgan fingerprint density at radius 3 is 2.15 bits per heavy atom.